The van der Waals surface area contributed by atoms with Crippen molar-refractivity contribution in [1.29, 1.82) is 0 Å². The minimum absolute atomic E-state index is 0.202. The fourth-order valence-corrected chi connectivity index (χ4v) is 1.84. The third-order valence-corrected chi connectivity index (χ3v) is 2.93. The maximum Gasteiger partial charge on any atom is 0.226 e. The van der Waals surface area contributed by atoms with Crippen molar-refractivity contribution in [3.63, 3.8) is 0 Å². The molecule has 0 aliphatic rings. The smallest absolute Gasteiger partial charge is 0.226 e. The average Bonchev–Trinajstić information content (AvgIpc) is 3.03. The van der Waals surface area contributed by atoms with Crippen molar-refractivity contribution in [3.8, 4) is 11.5 Å². The van der Waals surface area contributed by atoms with Crippen LogP contribution in [0.5, 0.6) is 0 Å². The Morgan fingerprint density at radius 1 is 1.09 bits per heavy atom. The van der Waals surface area contributed by atoms with Gasteiger partial charge in [0.05, 0.1) is 6.21 Å². The molecule has 3 aromatic rings. The summed E-state index contributed by atoms with van der Waals surface area (Å²) >= 11 is 0. The Hall–Kier alpha value is -2.95. The molecule has 3 rings (SSSR count). The quantitative estimate of drug-likeness (QED) is 0.527. The monoisotopic (exact) mass is 296 g/mol. The molecule has 0 saturated carbocycles. The van der Waals surface area contributed by atoms with Crippen LogP contribution in [0.4, 0.5) is 4.39 Å². The predicted octanol–water partition coefficient (Wildman–Crippen LogP) is 4.03. The Morgan fingerprint density at radius 2 is 1.86 bits per heavy atom. The molecule has 0 fully saturated rings. The summed E-state index contributed by atoms with van der Waals surface area (Å²) in [6, 6.07) is 15.6. The molecule has 0 unspecified atom stereocenters. The van der Waals surface area contributed by atoms with Crippen molar-refractivity contribution in [3.05, 3.63) is 77.9 Å². The maximum atomic E-state index is 12.7. The lowest BCUT2D eigenvalue weighted by Gasteiger charge is -1.95. The SMILES string of the molecule is Fc1ccc(/C=N/OCc2coc(-c3ccccc3)n2)cc1. The summed E-state index contributed by atoms with van der Waals surface area (Å²) in [5, 5.41) is 3.82. The number of hydrogen-bond donors (Lipinski definition) is 0. The minimum Gasteiger partial charge on any atom is -0.444 e. The molecule has 0 atom stereocenters. The summed E-state index contributed by atoms with van der Waals surface area (Å²) in [5.41, 5.74) is 2.31. The molecule has 1 aromatic heterocycles. The highest BCUT2D eigenvalue weighted by atomic mass is 19.1. The number of nitrogens with zero attached hydrogens (tertiary/aromatic N) is 2. The van der Waals surface area contributed by atoms with E-state index in [1.54, 1.807) is 12.1 Å². The number of oxime groups is 1. The molecule has 0 amide bonds. The second-order valence-electron chi connectivity index (χ2n) is 4.57. The number of aromatic nitrogens is 1. The summed E-state index contributed by atoms with van der Waals surface area (Å²) in [6.07, 6.45) is 3.05. The Balaban J connectivity index is 1.56. The van der Waals surface area contributed by atoms with Crippen LogP contribution in [-0.2, 0) is 11.4 Å². The van der Waals surface area contributed by atoms with E-state index in [1.165, 1.54) is 24.6 Å². The van der Waals surface area contributed by atoms with Gasteiger partial charge in [-0.05, 0) is 29.8 Å². The van der Waals surface area contributed by atoms with Crippen molar-refractivity contribution in [2.75, 3.05) is 0 Å². The van der Waals surface area contributed by atoms with Gasteiger partial charge in [-0.25, -0.2) is 9.37 Å². The lowest BCUT2D eigenvalue weighted by Crippen LogP contribution is -1.89. The number of oxazole rings is 1. The second kappa shape index (κ2) is 6.67. The van der Waals surface area contributed by atoms with Crippen LogP contribution in [-0.4, -0.2) is 11.2 Å². The molecule has 1 heterocycles. The number of rotatable bonds is 5. The van der Waals surface area contributed by atoms with E-state index < -0.39 is 0 Å². The van der Waals surface area contributed by atoms with Crippen LogP contribution < -0.4 is 0 Å². The molecule has 22 heavy (non-hydrogen) atoms. The van der Waals surface area contributed by atoms with Crippen LogP contribution in [0.2, 0.25) is 0 Å². The van der Waals surface area contributed by atoms with E-state index in [1.807, 2.05) is 30.3 Å². The van der Waals surface area contributed by atoms with Gasteiger partial charge in [0.15, 0.2) is 6.61 Å². The summed E-state index contributed by atoms with van der Waals surface area (Å²) in [6.45, 7) is 0.202. The normalized spacial score (nSPS) is 11.0. The molecule has 0 N–H and O–H groups in total. The third-order valence-electron chi connectivity index (χ3n) is 2.93. The average molecular weight is 296 g/mol. The molecule has 5 heteroatoms. The Kier molecular flexibility index (Phi) is 4.25. The largest absolute Gasteiger partial charge is 0.444 e. The molecule has 0 bridgehead atoms. The molecule has 0 saturated heterocycles. The predicted molar refractivity (Wildman–Crippen MR) is 80.7 cm³/mol. The van der Waals surface area contributed by atoms with E-state index in [9.17, 15) is 4.39 Å². The zero-order chi connectivity index (χ0) is 15.2. The maximum absolute atomic E-state index is 12.7. The van der Waals surface area contributed by atoms with Crippen LogP contribution in [0.15, 0.2) is 70.4 Å². The second-order valence-corrected chi connectivity index (χ2v) is 4.57. The molecule has 0 aliphatic heterocycles. The van der Waals surface area contributed by atoms with Gasteiger partial charge < -0.3 is 9.25 Å². The van der Waals surface area contributed by atoms with Gasteiger partial charge in [-0.3, -0.25) is 0 Å². The van der Waals surface area contributed by atoms with Crippen molar-refractivity contribution < 1.29 is 13.6 Å². The van der Waals surface area contributed by atoms with Crippen LogP contribution in [0.3, 0.4) is 0 Å². The van der Waals surface area contributed by atoms with E-state index in [0.29, 0.717) is 11.6 Å². The van der Waals surface area contributed by atoms with Gasteiger partial charge in [-0.15, -0.1) is 0 Å². The fraction of sp³-hybridized carbons (Fsp3) is 0.0588. The first kappa shape index (κ1) is 14.0. The first-order valence-corrected chi connectivity index (χ1v) is 6.72. The number of halogens is 1. The topological polar surface area (TPSA) is 47.6 Å². The zero-order valence-corrected chi connectivity index (χ0v) is 11.6. The standard InChI is InChI=1S/C17H13FN2O2/c18-15-8-6-13(7-9-15)10-19-22-12-16-11-21-17(20-16)14-4-2-1-3-5-14/h1-11H,12H2/b19-10+. The minimum atomic E-state index is -0.283. The van der Waals surface area contributed by atoms with Crippen LogP contribution >= 0.6 is 0 Å². The van der Waals surface area contributed by atoms with Gasteiger partial charge in [0, 0.05) is 5.56 Å². The summed E-state index contributed by atoms with van der Waals surface area (Å²) in [5.74, 6) is 0.260. The summed E-state index contributed by atoms with van der Waals surface area (Å²) in [4.78, 5) is 9.48. The molecular weight excluding hydrogens is 283 g/mol. The molecular formula is C17H13FN2O2. The van der Waals surface area contributed by atoms with Gasteiger partial charge in [0.2, 0.25) is 5.89 Å². The first-order chi connectivity index (χ1) is 10.8. The van der Waals surface area contributed by atoms with Crippen LogP contribution in [0.1, 0.15) is 11.3 Å². The van der Waals surface area contributed by atoms with Gasteiger partial charge in [0.25, 0.3) is 0 Å². The van der Waals surface area contributed by atoms with Gasteiger partial charge in [-0.2, -0.15) is 0 Å². The molecule has 0 spiro atoms. The van der Waals surface area contributed by atoms with Gasteiger partial charge in [-0.1, -0.05) is 35.5 Å². The van der Waals surface area contributed by atoms with Crippen molar-refractivity contribution in [2.45, 2.75) is 6.61 Å². The van der Waals surface area contributed by atoms with Gasteiger partial charge in [0.1, 0.15) is 17.8 Å². The zero-order valence-electron chi connectivity index (χ0n) is 11.6. The fourth-order valence-electron chi connectivity index (χ4n) is 1.84. The van der Waals surface area contributed by atoms with E-state index >= 15 is 0 Å². The van der Waals surface area contributed by atoms with E-state index in [2.05, 4.69) is 10.1 Å². The molecule has 0 radical (unpaired) electrons. The molecule has 110 valence electrons. The summed E-state index contributed by atoms with van der Waals surface area (Å²) in [7, 11) is 0. The van der Waals surface area contributed by atoms with Crippen molar-refractivity contribution in [1.82, 2.24) is 4.98 Å². The number of benzene rings is 2. The Morgan fingerprint density at radius 3 is 2.64 bits per heavy atom. The first-order valence-electron chi connectivity index (χ1n) is 6.72. The third kappa shape index (κ3) is 3.58. The van der Waals surface area contributed by atoms with E-state index in [0.717, 1.165) is 11.1 Å². The lowest BCUT2D eigenvalue weighted by molar-refractivity contribution is 0.129. The Labute approximate surface area is 126 Å². The highest BCUT2D eigenvalue weighted by molar-refractivity contribution is 5.78. The van der Waals surface area contributed by atoms with E-state index in [4.69, 9.17) is 9.25 Å². The molecule has 4 nitrogen and oxygen atoms in total. The Bertz CT molecular complexity index is 752. The highest BCUT2D eigenvalue weighted by Crippen LogP contribution is 2.18. The van der Waals surface area contributed by atoms with Gasteiger partial charge >= 0.3 is 0 Å². The highest BCUT2D eigenvalue weighted by Gasteiger charge is 2.06. The lowest BCUT2D eigenvalue weighted by atomic mass is 10.2. The molecule has 0 aliphatic carbocycles. The van der Waals surface area contributed by atoms with E-state index in [-0.39, 0.29) is 12.4 Å². The molecule has 2 aromatic carbocycles. The number of hydrogen-bond acceptors (Lipinski definition) is 4. The van der Waals surface area contributed by atoms with Crippen LogP contribution in [0, 0.1) is 5.82 Å². The van der Waals surface area contributed by atoms with Crippen molar-refractivity contribution in [2.24, 2.45) is 5.16 Å². The summed E-state index contributed by atoms with van der Waals surface area (Å²) < 4.78 is 18.1. The van der Waals surface area contributed by atoms with Crippen molar-refractivity contribution >= 4 is 6.21 Å². The van der Waals surface area contributed by atoms with Crippen LogP contribution in [0.25, 0.3) is 11.5 Å².